The summed E-state index contributed by atoms with van der Waals surface area (Å²) in [6, 6.07) is 16.0. The minimum atomic E-state index is -0.371. The Balaban J connectivity index is 2.11. The highest BCUT2D eigenvalue weighted by molar-refractivity contribution is 6.08. The minimum Gasteiger partial charge on any atom is -0.504 e. The highest BCUT2D eigenvalue weighted by Gasteiger charge is 2.21. The molecule has 0 aliphatic carbocycles. The smallest absolute Gasteiger partial charge is 0.274 e. The van der Waals surface area contributed by atoms with Gasteiger partial charge in [0.2, 0.25) is 0 Å². The Morgan fingerprint density at radius 3 is 2.62 bits per heavy atom. The van der Waals surface area contributed by atoms with Crippen LogP contribution in [0.1, 0.15) is 16.1 Å². The number of benzene rings is 2. The molecule has 0 saturated carbocycles. The standard InChI is InChI=1S/C21H18N2O3/c1-3-14-11-12-17(26-2)20(24)18(14)16-10-7-13-22-19(16)21(25)23-15-8-5-4-6-9-15/h3-13,24H,1H2,2H3,(H,23,25). The molecular formula is C21H18N2O3. The molecule has 0 spiro atoms. The fourth-order valence-electron chi connectivity index (χ4n) is 2.71. The van der Waals surface area contributed by atoms with E-state index in [1.54, 1.807) is 42.5 Å². The third-order valence-electron chi connectivity index (χ3n) is 3.94. The van der Waals surface area contributed by atoms with Crippen LogP contribution in [0.5, 0.6) is 11.5 Å². The number of aromatic nitrogens is 1. The van der Waals surface area contributed by atoms with Crippen LogP contribution in [0.15, 0.2) is 67.4 Å². The van der Waals surface area contributed by atoms with Crippen LogP contribution in [-0.2, 0) is 0 Å². The number of hydrogen-bond donors (Lipinski definition) is 2. The van der Waals surface area contributed by atoms with Gasteiger partial charge in [-0.2, -0.15) is 0 Å². The lowest BCUT2D eigenvalue weighted by Crippen LogP contribution is -2.15. The number of nitrogens with one attached hydrogen (secondary N) is 1. The Labute approximate surface area is 151 Å². The number of rotatable bonds is 5. The fourth-order valence-corrected chi connectivity index (χ4v) is 2.71. The van der Waals surface area contributed by atoms with Crippen molar-refractivity contribution < 1.29 is 14.6 Å². The van der Waals surface area contributed by atoms with E-state index in [4.69, 9.17) is 4.74 Å². The molecule has 1 heterocycles. The van der Waals surface area contributed by atoms with Gasteiger partial charge in [-0.3, -0.25) is 9.78 Å². The van der Waals surface area contributed by atoms with Gasteiger partial charge in [0.05, 0.1) is 7.11 Å². The summed E-state index contributed by atoms with van der Waals surface area (Å²) in [4.78, 5) is 17.0. The Bertz CT molecular complexity index is 953. The van der Waals surface area contributed by atoms with E-state index in [-0.39, 0.29) is 17.4 Å². The van der Waals surface area contributed by atoms with E-state index < -0.39 is 0 Å². The van der Waals surface area contributed by atoms with Gasteiger partial charge in [-0.25, -0.2) is 0 Å². The number of pyridine rings is 1. The summed E-state index contributed by atoms with van der Waals surface area (Å²) in [5.41, 5.74) is 2.47. The van der Waals surface area contributed by atoms with E-state index in [9.17, 15) is 9.90 Å². The van der Waals surface area contributed by atoms with E-state index in [0.29, 0.717) is 28.1 Å². The maximum absolute atomic E-state index is 12.8. The van der Waals surface area contributed by atoms with Crippen molar-refractivity contribution in [1.82, 2.24) is 4.98 Å². The summed E-state index contributed by atoms with van der Waals surface area (Å²) < 4.78 is 5.20. The number of phenols is 1. The number of carbonyl (C=O) groups excluding carboxylic acids is 1. The van der Waals surface area contributed by atoms with E-state index in [1.807, 2.05) is 18.2 Å². The number of para-hydroxylation sites is 1. The zero-order valence-corrected chi connectivity index (χ0v) is 14.3. The van der Waals surface area contributed by atoms with Crippen LogP contribution in [-0.4, -0.2) is 23.1 Å². The molecule has 0 radical (unpaired) electrons. The second kappa shape index (κ2) is 7.53. The van der Waals surface area contributed by atoms with Crippen molar-refractivity contribution in [3.63, 3.8) is 0 Å². The number of carbonyl (C=O) groups is 1. The first kappa shape index (κ1) is 17.2. The molecule has 0 aliphatic heterocycles. The molecule has 3 rings (SSSR count). The van der Waals surface area contributed by atoms with Gasteiger partial charge in [0.15, 0.2) is 11.5 Å². The molecule has 1 amide bonds. The summed E-state index contributed by atoms with van der Waals surface area (Å²) in [5.74, 6) is -0.125. The lowest BCUT2D eigenvalue weighted by atomic mass is 9.96. The van der Waals surface area contributed by atoms with Gasteiger partial charge < -0.3 is 15.2 Å². The molecule has 2 aromatic carbocycles. The number of hydrogen-bond acceptors (Lipinski definition) is 4. The Morgan fingerprint density at radius 2 is 1.92 bits per heavy atom. The Morgan fingerprint density at radius 1 is 1.15 bits per heavy atom. The molecule has 0 bridgehead atoms. The minimum absolute atomic E-state index is 0.0633. The molecule has 3 aromatic rings. The average Bonchev–Trinajstić information content (AvgIpc) is 2.68. The van der Waals surface area contributed by atoms with Gasteiger partial charge in [0.25, 0.3) is 5.91 Å². The topological polar surface area (TPSA) is 71.5 Å². The molecule has 2 N–H and O–H groups in total. The van der Waals surface area contributed by atoms with Crippen LogP contribution in [0.3, 0.4) is 0 Å². The molecule has 0 saturated heterocycles. The molecule has 130 valence electrons. The summed E-state index contributed by atoms with van der Waals surface area (Å²) in [5, 5.41) is 13.4. The number of phenolic OH excluding ortho intramolecular Hbond substituents is 1. The first-order valence-corrected chi connectivity index (χ1v) is 8.00. The summed E-state index contributed by atoms with van der Waals surface area (Å²) >= 11 is 0. The molecule has 0 atom stereocenters. The van der Waals surface area contributed by atoms with Gasteiger partial charge in [-0.15, -0.1) is 0 Å². The number of methoxy groups -OCH3 is 1. The van der Waals surface area contributed by atoms with E-state index in [0.717, 1.165) is 0 Å². The number of aromatic hydroxyl groups is 1. The van der Waals surface area contributed by atoms with Crippen LogP contribution in [0.4, 0.5) is 5.69 Å². The van der Waals surface area contributed by atoms with Crippen LogP contribution < -0.4 is 10.1 Å². The molecule has 1 aromatic heterocycles. The highest BCUT2D eigenvalue weighted by Crippen LogP contribution is 2.41. The van der Waals surface area contributed by atoms with Crippen LogP contribution in [0.2, 0.25) is 0 Å². The first-order valence-electron chi connectivity index (χ1n) is 8.00. The molecule has 0 aliphatic rings. The van der Waals surface area contributed by atoms with Crippen molar-refractivity contribution in [3.05, 3.63) is 78.6 Å². The fraction of sp³-hybridized carbons (Fsp3) is 0.0476. The number of anilines is 1. The van der Waals surface area contributed by atoms with Gasteiger partial charge in [-0.05, 0) is 29.8 Å². The van der Waals surface area contributed by atoms with Gasteiger partial charge in [-0.1, -0.05) is 43.0 Å². The molecule has 5 heteroatoms. The zero-order chi connectivity index (χ0) is 18.5. The maximum Gasteiger partial charge on any atom is 0.274 e. The summed E-state index contributed by atoms with van der Waals surface area (Å²) in [6.07, 6.45) is 3.15. The van der Waals surface area contributed by atoms with Crippen molar-refractivity contribution in [2.24, 2.45) is 0 Å². The number of amides is 1. The van der Waals surface area contributed by atoms with E-state index >= 15 is 0 Å². The van der Waals surface area contributed by atoms with Gasteiger partial charge in [0, 0.05) is 23.0 Å². The van der Waals surface area contributed by atoms with Gasteiger partial charge >= 0.3 is 0 Å². The predicted molar refractivity (Wildman–Crippen MR) is 102 cm³/mol. The van der Waals surface area contributed by atoms with E-state index in [1.165, 1.54) is 13.3 Å². The zero-order valence-electron chi connectivity index (χ0n) is 14.3. The average molecular weight is 346 g/mol. The second-order valence-corrected chi connectivity index (χ2v) is 5.50. The first-order chi connectivity index (χ1) is 12.7. The lowest BCUT2D eigenvalue weighted by Gasteiger charge is -2.15. The quantitative estimate of drug-likeness (QED) is 0.720. The largest absolute Gasteiger partial charge is 0.504 e. The molecule has 5 nitrogen and oxygen atoms in total. The van der Waals surface area contributed by atoms with Crippen LogP contribution in [0, 0.1) is 0 Å². The third kappa shape index (κ3) is 3.28. The van der Waals surface area contributed by atoms with Crippen molar-refractivity contribution >= 4 is 17.7 Å². The Kier molecular flexibility index (Phi) is 4.99. The number of ether oxygens (including phenoxy) is 1. The van der Waals surface area contributed by atoms with Crippen molar-refractivity contribution in [2.45, 2.75) is 0 Å². The Hall–Kier alpha value is -3.60. The molecular weight excluding hydrogens is 328 g/mol. The normalized spacial score (nSPS) is 10.2. The highest BCUT2D eigenvalue weighted by atomic mass is 16.5. The third-order valence-corrected chi connectivity index (χ3v) is 3.94. The number of nitrogens with zero attached hydrogens (tertiary/aromatic N) is 1. The van der Waals surface area contributed by atoms with Crippen molar-refractivity contribution in [3.8, 4) is 22.6 Å². The maximum atomic E-state index is 12.8. The van der Waals surface area contributed by atoms with Crippen LogP contribution >= 0.6 is 0 Å². The van der Waals surface area contributed by atoms with Crippen molar-refractivity contribution in [2.75, 3.05) is 12.4 Å². The monoisotopic (exact) mass is 346 g/mol. The van der Waals surface area contributed by atoms with Crippen molar-refractivity contribution in [1.29, 1.82) is 0 Å². The summed E-state index contributed by atoms with van der Waals surface area (Å²) in [7, 11) is 1.47. The SMILES string of the molecule is C=Cc1ccc(OC)c(O)c1-c1cccnc1C(=O)Nc1ccccc1. The van der Waals surface area contributed by atoms with E-state index in [2.05, 4.69) is 16.9 Å². The molecule has 26 heavy (non-hydrogen) atoms. The molecule has 0 fully saturated rings. The lowest BCUT2D eigenvalue weighted by molar-refractivity contribution is 0.102. The summed E-state index contributed by atoms with van der Waals surface area (Å²) in [6.45, 7) is 3.78. The van der Waals surface area contributed by atoms with Crippen LogP contribution in [0.25, 0.3) is 17.2 Å². The second-order valence-electron chi connectivity index (χ2n) is 5.50. The van der Waals surface area contributed by atoms with Gasteiger partial charge in [0.1, 0.15) is 5.69 Å². The predicted octanol–water partition coefficient (Wildman–Crippen LogP) is 4.36. The molecule has 0 unspecified atom stereocenters.